The summed E-state index contributed by atoms with van der Waals surface area (Å²) in [6, 6.07) is 56.8. The molecule has 0 aliphatic heterocycles. The monoisotopic (exact) mass is 665 g/mol. The second-order valence-electron chi connectivity index (χ2n) is 13.3. The Morgan fingerprint density at radius 3 is 2.09 bits per heavy atom. The summed E-state index contributed by atoms with van der Waals surface area (Å²) in [7, 11) is 0. The molecule has 1 heterocycles. The van der Waals surface area contributed by atoms with Gasteiger partial charge in [-0.15, -0.1) is 0 Å². The summed E-state index contributed by atoms with van der Waals surface area (Å²) in [6.45, 7) is 4.73. The molecule has 2 heteroatoms. The van der Waals surface area contributed by atoms with Crippen LogP contribution in [0.25, 0.3) is 62.7 Å². The molecule has 1 aliphatic rings. The van der Waals surface area contributed by atoms with Crippen LogP contribution in [0.5, 0.6) is 0 Å². The molecule has 8 aromatic carbocycles. The van der Waals surface area contributed by atoms with Gasteiger partial charge in [-0.05, 0) is 0 Å². The zero-order valence-electron chi connectivity index (χ0n) is 26.3. The van der Waals surface area contributed by atoms with E-state index in [-0.39, 0.29) is 19.9 Å². The van der Waals surface area contributed by atoms with Crippen LogP contribution in [0.4, 0.5) is 17.1 Å². The maximum atomic E-state index is 2.50. The van der Waals surface area contributed by atoms with E-state index in [0.29, 0.717) is 0 Å². The van der Waals surface area contributed by atoms with Gasteiger partial charge in [0.05, 0.1) is 0 Å². The van der Waals surface area contributed by atoms with Crippen molar-refractivity contribution in [1.29, 1.82) is 0 Å². The Morgan fingerprint density at radius 2 is 1.17 bits per heavy atom. The van der Waals surface area contributed by atoms with Crippen LogP contribution in [-0.2, 0) is 5.41 Å². The van der Waals surface area contributed by atoms with Gasteiger partial charge in [0.2, 0.25) is 0 Å². The molecule has 0 spiro atoms. The summed E-state index contributed by atoms with van der Waals surface area (Å²) in [5, 5.41) is 10.6. The van der Waals surface area contributed by atoms with Gasteiger partial charge in [0, 0.05) is 0 Å². The van der Waals surface area contributed by atoms with Gasteiger partial charge in [0.25, 0.3) is 0 Å². The summed E-state index contributed by atoms with van der Waals surface area (Å²) in [4.78, 5) is 2.50. The number of benzene rings is 8. The summed E-state index contributed by atoms with van der Waals surface area (Å²) < 4.78 is 2.99. The molecule has 0 saturated carbocycles. The predicted octanol–water partition coefficient (Wildman–Crippen LogP) is 12.3. The van der Waals surface area contributed by atoms with Crippen molar-refractivity contribution in [2.24, 2.45) is 0 Å². The molecule has 0 amide bonds. The average Bonchev–Trinajstić information content (AvgIpc) is 3.61. The molecule has 9 aromatic rings. The predicted molar refractivity (Wildman–Crippen MR) is 203 cm³/mol. The van der Waals surface area contributed by atoms with Crippen molar-refractivity contribution in [3.05, 3.63) is 163 Å². The molecule has 0 atom stereocenters. The van der Waals surface area contributed by atoms with E-state index >= 15 is 0 Å². The minimum absolute atomic E-state index is 0.0752. The fourth-order valence-corrected chi connectivity index (χ4v) is 10.8. The van der Waals surface area contributed by atoms with E-state index in [1.54, 1.807) is 0 Å². The van der Waals surface area contributed by atoms with Crippen LogP contribution in [-0.4, -0.2) is 14.5 Å². The SMILES string of the molecule is CC1(C)c2ccccc2-c2c(N(c3ccc4ccccc4c3)c3ccc4ccc5ccc6c7ccccc7[se]c6c5c4c3)cccc21. The van der Waals surface area contributed by atoms with Crippen LogP contribution < -0.4 is 4.90 Å². The van der Waals surface area contributed by atoms with Gasteiger partial charge in [-0.25, -0.2) is 0 Å². The van der Waals surface area contributed by atoms with Crippen molar-refractivity contribution in [3.8, 4) is 11.1 Å². The molecule has 1 aromatic heterocycles. The average molecular weight is 665 g/mol. The van der Waals surface area contributed by atoms with Crippen LogP contribution in [0.2, 0.25) is 0 Å². The second-order valence-corrected chi connectivity index (χ2v) is 15.6. The first-order chi connectivity index (χ1) is 23.1. The normalized spacial score (nSPS) is 13.5. The number of rotatable bonds is 3. The van der Waals surface area contributed by atoms with Gasteiger partial charge in [-0.2, -0.15) is 0 Å². The molecule has 0 unspecified atom stereocenters. The third kappa shape index (κ3) is 3.90. The standard InChI is InChI=1S/C45H31NSe/c1-45(2)38-14-7-5-13-36(38)43-39(45)15-9-16-40(43)46(32-23-20-28-10-3-4-11-31(28)26-32)33-24-21-29-18-19-30-22-25-35-34-12-6-8-17-41(34)47-44(35)42(30)37(29)27-33/h3-27H,1-2H3. The third-order valence-corrected chi connectivity index (χ3v) is 12.9. The van der Waals surface area contributed by atoms with E-state index in [9.17, 15) is 0 Å². The number of hydrogen-bond acceptors (Lipinski definition) is 1. The van der Waals surface area contributed by atoms with Gasteiger partial charge in [-0.1, -0.05) is 0 Å². The van der Waals surface area contributed by atoms with Crippen LogP contribution in [0, 0.1) is 0 Å². The number of anilines is 3. The Labute approximate surface area is 280 Å². The first-order valence-electron chi connectivity index (χ1n) is 16.4. The first kappa shape index (κ1) is 27.0. The third-order valence-electron chi connectivity index (χ3n) is 10.4. The Hall–Kier alpha value is -5.14. The van der Waals surface area contributed by atoms with Gasteiger partial charge in [-0.3, -0.25) is 0 Å². The van der Waals surface area contributed by atoms with Crippen molar-refractivity contribution in [3.63, 3.8) is 0 Å². The van der Waals surface area contributed by atoms with Crippen LogP contribution in [0.1, 0.15) is 25.0 Å². The molecule has 47 heavy (non-hydrogen) atoms. The van der Waals surface area contributed by atoms with E-state index in [1.165, 1.54) is 90.9 Å². The molecule has 0 radical (unpaired) electrons. The topological polar surface area (TPSA) is 3.24 Å². The Morgan fingerprint density at radius 1 is 0.489 bits per heavy atom. The van der Waals surface area contributed by atoms with Crippen molar-refractivity contribution >= 4 is 83.2 Å². The summed E-state index contributed by atoms with van der Waals surface area (Å²) >= 11 is 0.267. The minimum atomic E-state index is -0.0752. The Kier molecular flexibility index (Phi) is 5.71. The van der Waals surface area contributed by atoms with Crippen LogP contribution in [0.15, 0.2) is 152 Å². The van der Waals surface area contributed by atoms with Crippen LogP contribution in [0.3, 0.4) is 0 Å². The van der Waals surface area contributed by atoms with Gasteiger partial charge >= 0.3 is 281 Å². The fourth-order valence-electron chi connectivity index (χ4n) is 8.11. The van der Waals surface area contributed by atoms with E-state index < -0.39 is 0 Å². The second kappa shape index (κ2) is 9.93. The zero-order valence-corrected chi connectivity index (χ0v) is 28.0. The molecule has 0 saturated heterocycles. The first-order valence-corrected chi connectivity index (χ1v) is 18.1. The van der Waals surface area contributed by atoms with Crippen LogP contribution >= 0.6 is 0 Å². The molecule has 0 fully saturated rings. The van der Waals surface area contributed by atoms with Gasteiger partial charge < -0.3 is 0 Å². The van der Waals surface area contributed by atoms with E-state index in [0.717, 1.165) is 0 Å². The van der Waals surface area contributed by atoms with Crippen molar-refractivity contribution in [2.75, 3.05) is 4.90 Å². The molecule has 0 bridgehead atoms. The molecular weight excluding hydrogens is 633 g/mol. The molecule has 222 valence electrons. The molecule has 0 N–H and O–H groups in total. The fraction of sp³-hybridized carbons (Fsp3) is 0.0667. The maximum absolute atomic E-state index is 2.50. The van der Waals surface area contributed by atoms with Crippen molar-refractivity contribution < 1.29 is 0 Å². The number of hydrogen-bond donors (Lipinski definition) is 0. The molecular formula is C45H31NSe. The zero-order chi connectivity index (χ0) is 31.3. The molecule has 10 rings (SSSR count). The van der Waals surface area contributed by atoms with E-state index in [1.807, 2.05) is 0 Å². The number of nitrogens with zero attached hydrogens (tertiary/aromatic N) is 1. The molecule has 1 nitrogen and oxygen atoms in total. The van der Waals surface area contributed by atoms with Crippen molar-refractivity contribution in [1.82, 2.24) is 0 Å². The van der Waals surface area contributed by atoms with Gasteiger partial charge in [0.1, 0.15) is 0 Å². The Balaban J connectivity index is 1.29. The summed E-state index contributed by atoms with van der Waals surface area (Å²) in [5.74, 6) is 0. The van der Waals surface area contributed by atoms with Crippen molar-refractivity contribution in [2.45, 2.75) is 19.3 Å². The summed E-state index contributed by atoms with van der Waals surface area (Å²) in [6.07, 6.45) is 0. The van der Waals surface area contributed by atoms with E-state index in [4.69, 9.17) is 0 Å². The molecule has 1 aliphatic carbocycles. The number of fused-ring (bicyclic) bond motifs is 11. The van der Waals surface area contributed by atoms with E-state index in [2.05, 4.69) is 170 Å². The summed E-state index contributed by atoms with van der Waals surface area (Å²) in [5.41, 5.74) is 8.93. The quantitative estimate of drug-likeness (QED) is 0.134. The Bertz CT molecular complexity index is 2730. The van der Waals surface area contributed by atoms with Gasteiger partial charge in [0.15, 0.2) is 0 Å².